The number of aromatic nitrogens is 1. The van der Waals surface area contributed by atoms with Crippen molar-refractivity contribution >= 4 is 17.6 Å². The fourth-order valence-corrected chi connectivity index (χ4v) is 3.33. The number of aliphatic carboxylic acids is 1. The zero-order chi connectivity index (χ0) is 18.1. The predicted molar refractivity (Wildman–Crippen MR) is 95.1 cm³/mol. The van der Waals surface area contributed by atoms with Gasteiger partial charge in [0.05, 0.1) is 6.42 Å². The second-order valence-corrected chi connectivity index (χ2v) is 6.21. The Balaban J connectivity index is 1.63. The Morgan fingerprint density at radius 3 is 2.62 bits per heavy atom. The van der Waals surface area contributed by atoms with E-state index in [2.05, 4.69) is 5.16 Å². The summed E-state index contributed by atoms with van der Waals surface area (Å²) in [6.45, 7) is 0.317. The molecule has 6 nitrogen and oxygen atoms in total. The Labute approximate surface area is 149 Å². The van der Waals surface area contributed by atoms with Crippen LogP contribution in [0, 0.1) is 0 Å². The Morgan fingerprint density at radius 1 is 1.12 bits per heavy atom. The molecule has 0 spiro atoms. The van der Waals surface area contributed by atoms with Gasteiger partial charge < -0.3 is 14.5 Å². The van der Waals surface area contributed by atoms with Crippen molar-refractivity contribution in [3.8, 4) is 11.3 Å². The normalized spacial score (nSPS) is 15.7. The topological polar surface area (TPSA) is 83.6 Å². The number of hydrogen-bond acceptors (Lipinski definition) is 4. The zero-order valence-electron chi connectivity index (χ0n) is 13.8. The van der Waals surface area contributed by atoms with Gasteiger partial charge in [0.15, 0.2) is 11.5 Å². The number of para-hydroxylation sites is 1. The summed E-state index contributed by atoms with van der Waals surface area (Å²) < 4.78 is 5.32. The molecule has 0 bridgehead atoms. The highest BCUT2D eigenvalue weighted by atomic mass is 16.5. The highest BCUT2D eigenvalue weighted by Gasteiger charge is 2.34. The van der Waals surface area contributed by atoms with Crippen LogP contribution in [0.2, 0.25) is 0 Å². The van der Waals surface area contributed by atoms with Crippen LogP contribution >= 0.6 is 0 Å². The molecule has 3 aromatic rings. The molecule has 4 rings (SSSR count). The lowest BCUT2D eigenvalue weighted by Gasteiger charge is -2.15. The molecular weight excluding hydrogens is 332 g/mol. The summed E-state index contributed by atoms with van der Waals surface area (Å²) in [6, 6.07) is 18.4. The van der Waals surface area contributed by atoms with Crippen molar-refractivity contribution in [2.45, 2.75) is 12.3 Å². The summed E-state index contributed by atoms with van der Waals surface area (Å²) in [6.07, 6.45) is -0.0190. The number of carbonyl (C=O) groups excluding carboxylic acids is 1. The maximum atomic E-state index is 12.9. The third kappa shape index (κ3) is 2.86. The molecule has 2 aromatic carbocycles. The summed E-state index contributed by atoms with van der Waals surface area (Å²) in [4.78, 5) is 25.7. The van der Waals surface area contributed by atoms with Crippen molar-refractivity contribution in [1.29, 1.82) is 0 Å². The van der Waals surface area contributed by atoms with Gasteiger partial charge in [-0.1, -0.05) is 53.7 Å². The molecule has 0 aliphatic carbocycles. The molecule has 1 amide bonds. The van der Waals surface area contributed by atoms with Gasteiger partial charge in [-0.05, 0) is 11.6 Å². The molecule has 1 aromatic heterocycles. The van der Waals surface area contributed by atoms with E-state index in [4.69, 9.17) is 9.63 Å². The minimum absolute atomic E-state index is 0.0190. The molecule has 1 atom stereocenters. The largest absolute Gasteiger partial charge is 0.481 e. The number of amides is 1. The summed E-state index contributed by atoms with van der Waals surface area (Å²) in [7, 11) is 0. The van der Waals surface area contributed by atoms with Crippen LogP contribution in [0.25, 0.3) is 11.3 Å². The summed E-state index contributed by atoms with van der Waals surface area (Å²) >= 11 is 0. The minimum atomic E-state index is -0.882. The number of fused-ring (bicyclic) bond motifs is 1. The van der Waals surface area contributed by atoms with Crippen molar-refractivity contribution in [3.05, 3.63) is 71.9 Å². The predicted octanol–water partition coefficient (Wildman–Crippen LogP) is 3.56. The van der Waals surface area contributed by atoms with Crippen molar-refractivity contribution in [2.75, 3.05) is 11.4 Å². The number of nitrogens with zero attached hydrogens (tertiary/aromatic N) is 2. The van der Waals surface area contributed by atoms with E-state index in [1.54, 1.807) is 11.0 Å². The molecule has 130 valence electrons. The highest BCUT2D eigenvalue weighted by molar-refractivity contribution is 6.06. The summed E-state index contributed by atoms with van der Waals surface area (Å²) in [5, 5.41) is 13.1. The molecule has 1 aliphatic heterocycles. The van der Waals surface area contributed by atoms with E-state index in [1.807, 2.05) is 54.6 Å². The molecule has 26 heavy (non-hydrogen) atoms. The van der Waals surface area contributed by atoms with Gasteiger partial charge in [-0.2, -0.15) is 0 Å². The number of carbonyl (C=O) groups is 2. The van der Waals surface area contributed by atoms with Crippen LogP contribution in [0.1, 0.15) is 28.4 Å². The number of rotatable bonds is 4. The molecule has 6 heteroatoms. The van der Waals surface area contributed by atoms with Crippen LogP contribution in [0.4, 0.5) is 5.69 Å². The van der Waals surface area contributed by atoms with Gasteiger partial charge >= 0.3 is 5.97 Å². The van der Waals surface area contributed by atoms with E-state index in [9.17, 15) is 9.59 Å². The van der Waals surface area contributed by atoms with Gasteiger partial charge in [0.25, 0.3) is 5.91 Å². The maximum absolute atomic E-state index is 12.9. The fourth-order valence-electron chi connectivity index (χ4n) is 3.33. The molecule has 0 saturated heterocycles. The SMILES string of the molecule is O=C(O)CC1CN(C(=O)c2cc(-c3ccccc3)on2)c2ccccc21. The van der Waals surface area contributed by atoms with Crippen LogP contribution in [0.15, 0.2) is 65.2 Å². The lowest BCUT2D eigenvalue weighted by atomic mass is 9.98. The van der Waals surface area contributed by atoms with E-state index in [-0.39, 0.29) is 23.9 Å². The standard InChI is InChI=1S/C20H16N2O4/c23-19(24)10-14-12-22(17-9-5-4-8-15(14)17)20(25)16-11-18(26-21-16)13-6-2-1-3-7-13/h1-9,11,14H,10,12H2,(H,23,24). The van der Waals surface area contributed by atoms with Crippen molar-refractivity contribution in [2.24, 2.45) is 0 Å². The molecule has 1 unspecified atom stereocenters. The zero-order valence-corrected chi connectivity index (χ0v) is 13.8. The first-order valence-corrected chi connectivity index (χ1v) is 8.28. The van der Waals surface area contributed by atoms with Crippen molar-refractivity contribution in [1.82, 2.24) is 5.16 Å². The Kier molecular flexibility index (Phi) is 4.01. The van der Waals surface area contributed by atoms with Gasteiger partial charge in [0.2, 0.25) is 0 Å². The van der Waals surface area contributed by atoms with E-state index in [0.29, 0.717) is 12.3 Å². The van der Waals surface area contributed by atoms with E-state index >= 15 is 0 Å². The van der Waals surface area contributed by atoms with Crippen molar-refractivity contribution in [3.63, 3.8) is 0 Å². The van der Waals surface area contributed by atoms with Gasteiger partial charge in [-0.3, -0.25) is 9.59 Å². The molecule has 2 heterocycles. The van der Waals surface area contributed by atoms with Crippen LogP contribution in [0.3, 0.4) is 0 Å². The molecule has 0 saturated carbocycles. The monoisotopic (exact) mass is 348 g/mol. The Bertz CT molecular complexity index is 965. The summed E-state index contributed by atoms with van der Waals surface area (Å²) in [5.74, 6) is -0.889. The van der Waals surface area contributed by atoms with Crippen LogP contribution in [-0.4, -0.2) is 28.7 Å². The third-order valence-electron chi connectivity index (χ3n) is 4.52. The smallest absolute Gasteiger partial charge is 0.304 e. The first-order valence-electron chi connectivity index (χ1n) is 8.28. The lowest BCUT2D eigenvalue weighted by molar-refractivity contribution is -0.137. The maximum Gasteiger partial charge on any atom is 0.304 e. The van der Waals surface area contributed by atoms with Gasteiger partial charge in [-0.15, -0.1) is 0 Å². The van der Waals surface area contributed by atoms with E-state index in [0.717, 1.165) is 16.8 Å². The lowest BCUT2D eigenvalue weighted by Crippen LogP contribution is -2.30. The van der Waals surface area contributed by atoms with Crippen molar-refractivity contribution < 1.29 is 19.2 Å². The number of carboxylic acids is 1. The van der Waals surface area contributed by atoms with Crippen LogP contribution in [-0.2, 0) is 4.79 Å². The number of benzene rings is 2. The number of anilines is 1. The Morgan fingerprint density at radius 2 is 1.85 bits per heavy atom. The average molecular weight is 348 g/mol. The quantitative estimate of drug-likeness (QED) is 0.779. The Hall–Kier alpha value is -3.41. The number of hydrogen-bond donors (Lipinski definition) is 1. The second kappa shape index (κ2) is 6.48. The molecule has 0 radical (unpaired) electrons. The van der Waals surface area contributed by atoms with E-state index < -0.39 is 5.97 Å². The molecule has 1 N–H and O–H groups in total. The second-order valence-electron chi connectivity index (χ2n) is 6.21. The molecule has 0 fully saturated rings. The van der Waals surface area contributed by atoms with E-state index in [1.165, 1.54) is 0 Å². The molecule has 1 aliphatic rings. The highest BCUT2D eigenvalue weighted by Crippen LogP contribution is 2.38. The van der Waals surface area contributed by atoms with Crippen LogP contribution < -0.4 is 4.90 Å². The van der Waals surface area contributed by atoms with Crippen LogP contribution in [0.5, 0.6) is 0 Å². The molecular formula is C20H16N2O4. The summed E-state index contributed by atoms with van der Waals surface area (Å²) in [5.41, 5.74) is 2.64. The number of carboxylic acid groups (broad SMARTS) is 1. The average Bonchev–Trinajstić information content (AvgIpc) is 3.28. The fraction of sp³-hybridized carbons (Fsp3) is 0.150. The van der Waals surface area contributed by atoms with Gasteiger partial charge in [-0.25, -0.2) is 0 Å². The van der Waals surface area contributed by atoms with Gasteiger partial charge in [0.1, 0.15) is 0 Å². The third-order valence-corrected chi connectivity index (χ3v) is 4.52. The minimum Gasteiger partial charge on any atom is -0.481 e. The van der Waals surface area contributed by atoms with Gasteiger partial charge in [0, 0.05) is 29.8 Å². The first kappa shape index (κ1) is 16.1. The first-order chi connectivity index (χ1) is 12.6.